The first-order valence-corrected chi connectivity index (χ1v) is 13.7. The maximum absolute atomic E-state index is 13.6. The minimum atomic E-state index is -3.93. The van der Waals surface area contributed by atoms with Crippen LogP contribution in [0.3, 0.4) is 0 Å². The molecule has 1 fully saturated rings. The molecular weight excluding hydrogens is 478 g/mol. The second-order valence-corrected chi connectivity index (χ2v) is 10.9. The molecule has 3 rings (SSSR count). The fourth-order valence-electron chi connectivity index (χ4n) is 4.55. The molecule has 2 aromatic rings. The van der Waals surface area contributed by atoms with Crippen molar-refractivity contribution < 1.29 is 18.0 Å². The van der Waals surface area contributed by atoms with Crippen LogP contribution in [0.5, 0.6) is 0 Å². The standard InChI is InChI=1S/C26H37N5O4S/c1-6-9-28-24(32)17-30(5)26(33)21-7-8-23(31-12-10-27-11-13-31)22(16-21)29-36(34,35)25-19(3)14-18(2)15-20(25)4/h7-8,14-16,27,29H,6,9-13,17H2,1-5H3,(H,28,32). The van der Waals surface area contributed by atoms with Crippen molar-refractivity contribution >= 4 is 33.2 Å². The van der Waals surface area contributed by atoms with E-state index in [-0.39, 0.29) is 23.3 Å². The second kappa shape index (κ2) is 11.7. The predicted molar refractivity (Wildman–Crippen MR) is 143 cm³/mol. The molecule has 0 radical (unpaired) electrons. The topological polar surface area (TPSA) is 111 Å². The van der Waals surface area contributed by atoms with E-state index in [2.05, 4.69) is 20.3 Å². The number of hydrogen-bond donors (Lipinski definition) is 3. The van der Waals surface area contributed by atoms with Crippen LogP contribution in [0.2, 0.25) is 0 Å². The molecule has 0 unspecified atom stereocenters. The van der Waals surface area contributed by atoms with Crippen molar-refractivity contribution in [2.45, 2.75) is 39.0 Å². The molecule has 0 bridgehead atoms. The molecule has 0 spiro atoms. The summed E-state index contributed by atoms with van der Waals surface area (Å²) < 4.78 is 29.9. The molecule has 1 heterocycles. The summed E-state index contributed by atoms with van der Waals surface area (Å²) in [7, 11) is -2.37. The van der Waals surface area contributed by atoms with Gasteiger partial charge in [0.1, 0.15) is 0 Å². The number of benzene rings is 2. The van der Waals surface area contributed by atoms with Gasteiger partial charge in [-0.15, -0.1) is 0 Å². The summed E-state index contributed by atoms with van der Waals surface area (Å²) in [5, 5.41) is 6.06. The van der Waals surface area contributed by atoms with E-state index in [9.17, 15) is 18.0 Å². The largest absolute Gasteiger partial charge is 0.367 e. The van der Waals surface area contributed by atoms with Crippen molar-refractivity contribution in [1.29, 1.82) is 0 Å². The van der Waals surface area contributed by atoms with Gasteiger partial charge in [0, 0.05) is 45.3 Å². The van der Waals surface area contributed by atoms with E-state index in [1.54, 1.807) is 39.1 Å². The van der Waals surface area contributed by atoms with E-state index >= 15 is 0 Å². The van der Waals surface area contributed by atoms with E-state index < -0.39 is 10.0 Å². The van der Waals surface area contributed by atoms with E-state index in [1.165, 1.54) is 4.90 Å². The number of anilines is 2. The van der Waals surface area contributed by atoms with Gasteiger partial charge in [0.2, 0.25) is 5.91 Å². The average molecular weight is 516 g/mol. The van der Waals surface area contributed by atoms with Gasteiger partial charge in [0.15, 0.2) is 0 Å². The number of rotatable bonds is 9. The lowest BCUT2D eigenvalue weighted by molar-refractivity contribution is -0.121. The van der Waals surface area contributed by atoms with Gasteiger partial charge in [0.05, 0.1) is 22.8 Å². The summed E-state index contributed by atoms with van der Waals surface area (Å²) in [6, 6.07) is 8.71. The highest BCUT2D eigenvalue weighted by Gasteiger charge is 2.25. The molecule has 1 saturated heterocycles. The van der Waals surface area contributed by atoms with Crippen LogP contribution in [0.1, 0.15) is 40.4 Å². The quantitative estimate of drug-likeness (QED) is 0.473. The molecule has 2 amide bonds. The fourth-order valence-corrected chi connectivity index (χ4v) is 6.07. The minimum absolute atomic E-state index is 0.0821. The van der Waals surface area contributed by atoms with Crippen LogP contribution in [0.25, 0.3) is 0 Å². The van der Waals surface area contributed by atoms with Crippen molar-refractivity contribution in [3.05, 3.63) is 52.6 Å². The van der Waals surface area contributed by atoms with Gasteiger partial charge in [-0.25, -0.2) is 8.42 Å². The van der Waals surface area contributed by atoms with E-state index in [1.807, 2.05) is 26.0 Å². The van der Waals surface area contributed by atoms with Crippen LogP contribution in [-0.4, -0.2) is 71.4 Å². The minimum Gasteiger partial charge on any atom is -0.367 e. The number of likely N-dealkylation sites (N-methyl/N-ethyl adjacent to an activating group) is 1. The van der Waals surface area contributed by atoms with Gasteiger partial charge in [-0.2, -0.15) is 0 Å². The van der Waals surface area contributed by atoms with E-state index in [4.69, 9.17) is 0 Å². The smallest absolute Gasteiger partial charge is 0.262 e. The third kappa shape index (κ3) is 6.55. The van der Waals surface area contributed by atoms with Gasteiger partial charge >= 0.3 is 0 Å². The zero-order valence-corrected chi connectivity index (χ0v) is 22.6. The molecule has 3 N–H and O–H groups in total. The molecule has 196 valence electrons. The van der Waals surface area contributed by atoms with Gasteiger partial charge in [-0.05, 0) is 56.5 Å². The molecule has 0 aliphatic carbocycles. The summed E-state index contributed by atoms with van der Waals surface area (Å²) in [5.41, 5.74) is 3.66. The molecule has 2 aromatic carbocycles. The van der Waals surface area contributed by atoms with Crippen molar-refractivity contribution in [2.75, 3.05) is 55.9 Å². The van der Waals surface area contributed by atoms with Crippen molar-refractivity contribution in [3.63, 3.8) is 0 Å². The number of hydrogen-bond acceptors (Lipinski definition) is 6. The number of nitrogens with zero attached hydrogens (tertiary/aromatic N) is 2. The molecule has 36 heavy (non-hydrogen) atoms. The predicted octanol–water partition coefficient (Wildman–Crippen LogP) is 2.42. The van der Waals surface area contributed by atoms with E-state index in [0.29, 0.717) is 47.7 Å². The number of carbonyl (C=O) groups is 2. The maximum atomic E-state index is 13.6. The zero-order valence-electron chi connectivity index (χ0n) is 21.8. The Labute approximate surface area is 214 Å². The third-order valence-corrected chi connectivity index (χ3v) is 7.79. The number of sulfonamides is 1. The Morgan fingerprint density at radius 3 is 2.31 bits per heavy atom. The Bertz CT molecular complexity index is 1200. The Kier molecular flexibility index (Phi) is 8.97. The van der Waals surface area contributed by atoms with Crippen LogP contribution < -0.4 is 20.3 Å². The summed E-state index contributed by atoms with van der Waals surface area (Å²) in [4.78, 5) is 28.9. The summed E-state index contributed by atoms with van der Waals surface area (Å²) in [6.07, 6.45) is 0.806. The molecular formula is C26H37N5O4S. The Morgan fingerprint density at radius 1 is 1.06 bits per heavy atom. The Hall–Kier alpha value is -3.11. The number of aryl methyl sites for hydroxylation is 3. The first kappa shape index (κ1) is 27.5. The lowest BCUT2D eigenvalue weighted by atomic mass is 10.1. The first-order chi connectivity index (χ1) is 17.0. The molecule has 0 saturated carbocycles. The van der Waals surface area contributed by atoms with Gasteiger partial charge in [-0.3, -0.25) is 14.3 Å². The van der Waals surface area contributed by atoms with Gasteiger partial charge in [-0.1, -0.05) is 24.6 Å². The lowest BCUT2D eigenvalue weighted by Gasteiger charge is -2.31. The van der Waals surface area contributed by atoms with Crippen molar-refractivity contribution in [1.82, 2.24) is 15.5 Å². The first-order valence-electron chi connectivity index (χ1n) is 12.3. The second-order valence-electron chi connectivity index (χ2n) is 9.31. The van der Waals surface area contributed by atoms with Crippen molar-refractivity contribution in [3.8, 4) is 0 Å². The lowest BCUT2D eigenvalue weighted by Crippen LogP contribution is -2.44. The number of amides is 2. The maximum Gasteiger partial charge on any atom is 0.262 e. The number of carbonyl (C=O) groups excluding carboxylic acids is 2. The summed E-state index contributed by atoms with van der Waals surface area (Å²) in [6.45, 7) is 10.9. The van der Waals surface area contributed by atoms with Crippen LogP contribution in [0.15, 0.2) is 35.2 Å². The highest BCUT2D eigenvalue weighted by molar-refractivity contribution is 7.92. The summed E-state index contributed by atoms with van der Waals surface area (Å²) >= 11 is 0. The molecule has 1 aliphatic rings. The number of nitrogens with one attached hydrogen (secondary N) is 3. The fraction of sp³-hybridized carbons (Fsp3) is 0.462. The highest BCUT2D eigenvalue weighted by Crippen LogP contribution is 2.32. The molecule has 0 atom stereocenters. The monoisotopic (exact) mass is 515 g/mol. The van der Waals surface area contributed by atoms with Crippen LogP contribution in [0, 0.1) is 20.8 Å². The van der Waals surface area contributed by atoms with E-state index in [0.717, 1.165) is 25.1 Å². The van der Waals surface area contributed by atoms with Crippen molar-refractivity contribution in [2.24, 2.45) is 0 Å². The Balaban J connectivity index is 1.97. The number of piperazine rings is 1. The SMILES string of the molecule is CCCNC(=O)CN(C)C(=O)c1ccc(N2CCNCC2)c(NS(=O)(=O)c2c(C)cc(C)cc2C)c1. The van der Waals surface area contributed by atoms with Crippen LogP contribution >= 0.6 is 0 Å². The third-order valence-electron chi connectivity index (χ3n) is 6.12. The molecule has 0 aromatic heterocycles. The Morgan fingerprint density at radius 2 is 1.69 bits per heavy atom. The molecule has 9 nitrogen and oxygen atoms in total. The normalized spacial score (nSPS) is 13.9. The highest BCUT2D eigenvalue weighted by atomic mass is 32.2. The van der Waals surface area contributed by atoms with Gasteiger partial charge < -0.3 is 20.4 Å². The molecule has 10 heteroatoms. The van der Waals surface area contributed by atoms with Crippen LogP contribution in [-0.2, 0) is 14.8 Å². The molecule has 1 aliphatic heterocycles. The zero-order chi connectivity index (χ0) is 26.5. The summed E-state index contributed by atoms with van der Waals surface area (Å²) in [5.74, 6) is -0.604. The van der Waals surface area contributed by atoms with Gasteiger partial charge in [0.25, 0.3) is 15.9 Å². The van der Waals surface area contributed by atoms with Crippen LogP contribution in [0.4, 0.5) is 11.4 Å². The average Bonchev–Trinajstić information content (AvgIpc) is 2.81.